The van der Waals surface area contributed by atoms with E-state index in [1.54, 1.807) is 4.57 Å². The number of H-pyrrole nitrogens is 1. The third kappa shape index (κ3) is 4.91. The first-order valence-electron chi connectivity index (χ1n) is 12.5. The van der Waals surface area contributed by atoms with Gasteiger partial charge in [-0.1, -0.05) is 44.2 Å². The molecule has 0 saturated carbocycles. The van der Waals surface area contributed by atoms with Crippen LogP contribution in [0.3, 0.4) is 0 Å². The summed E-state index contributed by atoms with van der Waals surface area (Å²) in [6.07, 6.45) is 6.40. The molecule has 5 rings (SSSR count). The zero-order chi connectivity index (χ0) is 24.4. The molecule has 2 aromatic heterocycles. The van der Waals surface area contributed by atoms with Gasteiger partial charge in [0.2, 0.25) is 0 Å². The Bertz CT molecular complexity index is 1230. The van der Waals surface area contributed by atoms with Gasteiger partial charge in [0.05, 0.1) is 13.2 Å². The molecule has 0 radical (unpaired) electrons. The van der Waals surface area contributed by atoms with Crippen LogP contribution in [0.4, 0.5) is 5.82 Å². The third-order valence-electron chi connectivity index (χ3n) is 7.36. The van der Waals surface area contributed by atoms with Gasteiger partial charge in [-0.3, -0.25) is 9.47 Å². The number of hydrogen-bond donors (Lipinski definition) is 2. The highest BCUT2D eigenvalue weighted by molar-refractivity contribution is 5.81. The van der Waals surface area contributed by atoms with Gasteiger partial charge in [0.25, 0.3) is 0 Å². The Balaban J connectivity index is 1.23. The molecule has 9 heteroatoms. The average molecular weight is 478 g/mol. The average Bonchev–Trinajstić information content (AvgIpc) is 3.15. The first kappa shape index (κ1) is 23.4. The lowest BCUT2D eigenvalue weighted by molar-refractivity contribution is -0.0440. The van der Waals surface area contributed by atoms with Gasteiger partial charge in [-0.2, -0.15) is 9.97 Å². The van der Waals surface area contributed by atoms with Crippen molar-refractivity contribution in [3.63, 3.8) is 0 Å². The minimum atomic E-state index is -0.260. The monoisotopic (exact) mass is 477 g/mol. The van der Waals surface area contributed by atoms with Crippen molar-refractivity contribution in [1.82, 2.24) is 29.3 Å². The number of aromatic amines is 1. The highest BCUT2D eigenvalue weighted by atomic mass is 16.5. The smallest absolute Gasteiger partial charge is 0.328 e. The van der Waals surface area contributed by atoms with Crippen LogP contribution >= 0.6 is 0 Å². The van der Waals surface area contributed by atoms with Gasteiger partial charge in [0.1, 0.15) is 5.52 Å². The number of piperidine rings is 1. The number of nitrogens with two attached hydrogens (primary N) is 1. The molecular formula is C26H35N7O2. The van der Waals surface area contributed by atoms with E-state index in [1.165, 1.54) is 31.5 Å². The SMILES string of the molecule is C=CN1CCC2(CC1)CN(Cc1ccc(Cn3c(=O)[nH]c4c(N)nc(OCCCC)nc43)cc1)C2. The maximum absolute atomic E-state index is 12.6. The zero-order valence-electron chi connectivity index (χ0n) is 20.5. The Kier molecular flexibility index (Phi) is 6.51. The topological polar surface area (TPSA) is 105 Å². The van der Waals surface area contributed by atoms with Crippen LogP contribution in [0.25, 0.3) is 11.2 Å². The van der Waals surface area contributed by atoms with Gasteiger partial charge in [0, 0.05) is 32.7 Å². The second kappa shape index (κ2) is 9.73. The summed E-state index contributed by atoms with van der Waals surface area (Å²) in [6.45, 7) is 12.5. The predicted octanol–water partition coefficient (Wildman–Crippen LogP) is 2.97. The van der Waals surface area contributed by atoms with Gasteiger partial charge in [-0.05, 0) is 42.0 Å². The first-order chi connectivity index (χ1) is 17.0. The highest BCUT2D eigenvalue weighted by Gasteiger charge is 2.44. The van der Waals surface area contributed by atoms with E-state index in [1.807, 2.05) is 6.20 Å². The molecule has 2 aliphatic heterocycles. The van der Waals surface area contributed by atoms with Crippen molar-refractivity contribution in [2.75, 3.05) is 38.5 Å². The van der Waals surface area contributed by atoms with Crippen molar-refractivity contribution < 1.29 is 4.74 Å². The molecule has 0 amide bonds. The summed E-state index contributed by atoms with van der Waals surface area (Å²) in [5.74, 6) is 0.218. The van der Waals surface area contributed by atoms with E-state index in [2.05, 4.69) is 62.5 Å². The fourth-order valence-electron chi connectivity index (χ4n) is 5.25. The number of nitrogen functional groups attached to an aromatic ring is 1. The Hall–Kier alpha value is -3.33. The third-order valence-corrected chi connectivity index (χ3v) is 7.36. The van der Waals surface area contributed by atoms with E-state index in [-0.39, 0.29) is 17.5 Å². The van der Waals surface area contributed by atoms with E-state index in [4.69, 9.17) is 10.5 Å². The Morgan fingerprint density at radius 2 is 1.83 bits per heavy atom. The summed E-state index contributed by atoms with van der Waals surface area (Å²) in [7, 11) is 0. The Labute approximate surface area is 205 Å². The number of fused-ring (bicyclic) bond motifs is 1. The number of ether oxygens (including phenoxy) is 1. The van der Waals surface area contributed by atoms with Crippen LogP contribution in [-0.2, 0) is 13.1 Å². The lowest BCUT2D eigenvalue weighted by atomic mass is 9.72. The number of rotatable bonds is 9. The van der Waals surface area contributed by atoms with Crippen LogP contribution in [0.2, 0.25) is 0 Å². The van der Waals surface area contributed by atoms with Gasteiger partial charge < -0.3 is 20.4 Å². The van der Waals surface area contributed by atoms with E-state index in [9.17, 15) is 4.79 Å². The summed E-state index contributed by atoms with van der Waals surface area (Å²) >= 11 is 0. The second-order valence-electron chi connectivity index (χ2n) is 9.99. The van der Waals surface area contributed by atoms with Crippen LogP contribution < -0.4 is 16.2 Å². The molecule has 4 heterocycles. The number of hydrogen-bond acceptors (Lipinski definition) is 7. The number of imidazole rings is 1. The summed E-state index contributed by atoms with van der Waals surface area (Å²) in [6, 6.07) is 8.69. The maximum atomic E-state index is 12.6. The summed E-state index contributed by atoms with van der Waals surface area (Å²) in [5.41, 5.74) is 9.52. The molecule has 186 valence electrons. The van der Waals surface area contributed by atoms with Crippen LogP contribution in [0.5, 0.6) is 6.01 Å². The standard InChI is InChI=1S/C26H35N7O2/c1-3-5-14-35-24-29-22(27)21-23(30-24)33(25(34)28-21)16-20-8-6-19(7-9-20)15-32-17-26(18-32)10-12-31(4-2)13-11-26/h4,6-9H,2-3,5,10-18H2,1H3,(H,28,34)(H2,27,29,30). The van der Waals surface area contributed by atoms with E-state index in [0.717, 1.165) is 38.0 Å². The van der Waals surface area contributed by atoms with E-state index < -0.39 is 0 Å². The quantitative estimate of drug-likeness (QED) is 0.457. The number of nitrogens with one attached hydrogen (secondary N) is 1. The number of likely N-dealkylation sites (tertiary alicyclic amines) is 2. The zero-order valence-corrected chi connectivity index (χ0v) is 20.5. The van der Waals surface area contributed by atoms with E-state index >= 15 is 0 Å². The van der Waals surface area contributed by atoms with Gasteiger partial charge >= 0.3 is 11.7 Å². The molecule has 0 bridgehead atoms. The molecule has 35 heavy (non-hydrogen) atoms. The van der Waals surface area contributed by atoms with Crippen molar-refractivity contribution in [1.29, 1.82) is 0 Å². The van der Waals surface area contributed by atoms with Crippen LogP contribution in [0.1, 0.15) is 43.7 Å². The number of anilines is 1. The molecule has 1 spiro atoms. The van der Waals surface area contributed by atoms with Crippen LogP contribution in [0, 0.1) is 5.41 Å². The first-order valence-corrected chi connectivity index (χ1v) is 12.5. The lowest BCUT2D eigenvalue weighted by Gasteiger charge is -2.54. The molecule has 0 aliphatic carbocycles. The number of benzene rings is 1. The summed E-state index contributed by atoms with van der Waals surface area (Å²) < 4.78 is 7.22. The second-order valence-corrected chi connectivity index (χ2v) is 9.99. The molecule has 3 N–H and O–H groups in total. The molecule has 1 aromatic carbocycles. The molecule has 2 saturated heterocycles. The fraction of sp³-hybridized carbons (Fsp3) is 0.500. The van der Waals surface area contributed by atoms with Crippen LogP contribution in [0.15, 0.2) is 41.8 Å². The summed E-state index contributed by atoms with van der Waals surface area (Å²) in [5, 5.41) is 0. The van der Waals surface area contributed by atoms with Crippen molar-refractivity contribution in [2.45, 2.75) is 45.7 Å². The molecule has 2 aliphatic rings. The Morgan fingerprint density at radius 1 is 1.14 bits per heavy atom. The number of unbranched alkanes of at least 4 members (excludes halogenated alkanes) is 1. The number of nitrogens with zero attached hydrogens (tertiary/aromatic N) is 5. The van der Waals surface area contributed by atoms with Crippen molar-refractivity contribution >= 4 is 17.0 Å². The Morgan fingerprint density at radius 3 is 2.49 bits per heavy atom. The highest BCUT2D eigenvalue weighted by Crippen LogP contribution is 2.41. The molecule has 2 fully saturated rings. The fourth-order valence-corrected chi connectivity index (χ4v) is 5.25. The van der Waals surface area contributed by atoms with Crippen molar-refractivity contribution in [3.8, 4) is 6.01 Å². The molecule has 9 nitrogen and oxygen atoms in total. The molecule has 3 aromatic rings. The van der Waals surface area contributed by atoms with Crippen LogP contribution in [-0.4, -0.2) is 62.1 Å². The molecule has 0 unspecified atom stereocenters. The molecular weight excluding hydrogens is 442 g/mol. The maximum Gasteiger partial charge on any atom is 0.328 e. The lowest BCUT2D eigenvalue weighted by Crippen LogP contribution is -2.59. The number of aromatic nitrogens is 4. The predicted molar refractivity (Wildman–Crippen MR) is 137 cm³/mol. The van der Waals surface area contributed by atoms with Gasteiger partial charge in [-0.15, -0.1) is 0 Å². The summed E-state index contributed by atoms with van der Waals surface area (Å²) in [4.78, 5) is 28.9. The van der Waals surface area contributed by atoms with Gasteiger partial charge in [-0.25, -0.2) is 4.79 Å². The van der Waals surface area contributed by atoms with Crippen molar-refractivity contribution in [3.05, 3.63) is 58.7 Å². The minimum Gasteiger partial charge on any atom is -0.463 e. The van der Waals surface area contributed by atoms with E-state index in [0.29, 0.717) is 29.7 Å². The normalized spacial score (nSPS) is 17.6. The molecule has 0 atom stereocenters. The minimum absolute atomic E-state index is 0.203. The van der Waals surface area contributed by atoms with Crippen molar-refractivity contribution in [2.24, 2.45) is 5.41 Å². The largest absolute Gasteiger partial charge is 0.463 e. The van der Waals surface area contributed by atoms with Gasteiger partial charge in [0.15, 0.2) is 11.5 Å².